The summed E-state index contributed by atoms with van der Waals surface area (Å²) in [5.74, 6) is 0.393. The highest BCUT2D eigenvalue weighted by molar-refractivity contribution is 7.99. The first kappa shape index (κ1) is 22.3. The summed E-state index contributed by atoms with van der Waals surface area (Å²) < 4.78 is 7.37. The SMILES string of the molecule is O=C(CSc1nnc(-c2ccccc2)n1-c1ccccc1)N/N=C\c1coc2ccccc2c1=O. The van der Waals surface area contributed by atoms with Gasteiger partial charge >= 0.3 is 0 Å². The zero-order valence-electron chi connectivity index (χ0n) is 18.4. The van der Waals surface area contributed by atoms with Crippen LogP contribution in [0.1, 0.15) is 5.56 Å². The summed E-state index contributed by atoms with van der Waals surface area (Å²) in [5.41, 5.74) is 4.77. The van der Waals surface area contributed by atoms with Crippen molar-refractivity contribution in [2.75, 3.05) is 5.75 Å². The smallest absolute Gasteiger partial charge is 0.250 e. The minimum absolute atomic E-state index is 0.0590. The van der Waals surface area contributed by atoms with Crippen molar-refractivity contribution in [3.8, 4) is 17.1 Å². The fourth-order valence-corrected chi connectivity index (χ4v) is 4.21. The molecule has 0 atom stereocenters. The van der Waals surface area contributed by atoms with E-state index in [9.17, 15) is 9.59 Å². The summed E-state index contributed by atoms with van der Waals surface area (Å²) in [6.45, 7) is 0. The van der Waals surface area contributed by atoms with E-state index >= 15 is 0 Å². The van der Waals surface area contributed by atoms with Gasteiger partial charge in [-0.2, -0.15) is 5.10 Å². The standard InChI is InChI=1S/C26H19N5O3S/c32-23(28-27-15-19-16-34-22-14-8-7-13-21(22)24(19)33)17-35-26-30-29-25(18-9-3-1-4-10-18)31(26)20-11-5-2-6-12-20/h1-16H,17H2,(H,28,32)/b27-15-. The van der Waals surface area contributed by atoms with Crippen LogP contribution in [0.4, 0.5) is 0 Å². The number of para-hydroxylation sites is 2. The Morgan fingerprint density at radius 2 is 1.69 bits per heavy atom. The molecule has 0 aliphatic carbocycles. The van der Waals surface area contributed by atoms with Crippen molar-refractivity contribution in [2.45, 2.75) is 5.16 Å². The number of carbonyl (C=O) groups is 1. The van der Waals surface area contributed by atoms with E-state index in [0.29, 0.717) is 22.0 Å². The normalized spacial score (nSPS) is 11.2. The molecule has 0 spiro atoms. The molecule has 0 bridgehead atoms. The lowest BCUT2D eigenvalue weighted by Crippen LogP contribution is -2.20. The Morgan fingerprint density at radius 1 is 0.971 bits per heavy atom. The number of nitrogens with one attached hydrogen (secondary N) is 1. The first-order chi connectivity index (χ1) is 17.2. The molecule has 1 amide bonds. The number of amides is 1. The lowest BCUT2D eigenvalue weighted by molar-refractivity contribution is -0.118. The molecule has 0 saturated heterocycles. The number of rotatable bonds is 7. The topological polar surface area (TPSA) is 102 Å². The van der Waals surface area contributed by atoms with Crippen LogP contribution in [0.25, 0.3) is 28.0 Å². The van der Waals surface area contributed by atoms with Crippen molar-refractivity contribution >= 4 is 34.9 Å². The Hall–Kier alpha value is -4.50. The van der Waals surface area contributed by atoms with Crippen LogP contribution >= 0.6 is 11.8 Å². The van der Waals surface area contributed by atoms with Crippen LogP contribution in [0, 0.1) is 0 Å². The number of benzene rings is 3. The molecule has 172 valence electrons. The Morgan fingerprint density at radius 3 is 2.49 bits per heavy atom. The van der Waals surface area contributed by atoms with Gasteiger partial charge in [-0.15, -0.1) is 10.2 Å². The maximum absolute atomic E-state index is 12.5. The summed E-state index contributed by atoms with van der Waals surface area (Å²) >= 11 is 1.24. The van der Waals surface area contributed by atoms with E-state index < -0.39 is 0 Å². The summed E-state index contributed by atoms with van der Waals surface area (Å²) in [4.78, 5) is 24.9. The minimum atomic E-state index is -0.347. The van der Waals surface area contributed by atoms with Gasteiger partial charge in [0.1, 0.15) is 11.8 Å². The van der Waals surface area contributed by atoms with Gasteiger partial charge in [0, 0.05) is 11.3 Å². The van der Waals surface area contributed by atoms with E-state index in [-0.39, 0.29) is 22.7 Å². The second-order valence-electron chi connectivity index (χ2n) is 7.44. The van der Waals surface area contributed by atoms with Crippen molar-refractivity contribution < 1.29 is 9.21 Å². The van der Waals surface area contributed by atoms with E-state index in [1.54, 1.807) is 24.3 Å². The van der Waals surface area contributed by atoms with Gasteiger partial charge in [-0.25, -0.2) is 5.43 Å². The van der Waals surface area contributed by atoms with Gasteiger partial charge in [-0.3, -0.25) is 14.2 Å². The molecule has 9 heteroatoms. The third-order valence-electron chi connectivity index (χ3n) is 5.11. The molecule has 2 aromatic heterocycles. The van der Waals surface area contributed by atoms with Crippen LogP contribution < -0.4 is 10.9 Å². The molecule has 0 fully saturated rings. The van der Waals surface area contributed by atoms with Crippen LogP contribution in [-0.4, -0.2) is 32.6 Å². The number of hydrazone groups is 1. The summed E-state index contributed by atoms with van der Waals surface area (Å²) in [7, 11) is 0. The number of aromatic nitrogens is 3. The molecule has 5 aromatic rings. The highest BCUT2D eigenvalue weighted by Crippen LogP contribution is 2.27. The van der Waals surface area contributed by atoms with Crippen LogP contribution in [0.15, 0.2) is 111 Å². The highest BCUT2D eigenvalue weighted by Gasteiger charge is 2.17. The molecule has 0 aliphatic rings. The number of carbonyl (C=O) groups excluding carboxylic acids is 1. The van der Waals surface area contributed by atoms with Crippen molar-refractivity contribution in [3.63, 3.8) is 0 Å². The van der Waals surface area contributed by atoms with E-state index in [1.165, 1.54) is 24.2 Å². The number of hydrogen-bond donors (Lipinski definition) is 1. The molecule has 0 saturated carbocycles. The Kier molecular flexibility index (Phi) is 6.49. The molecule has 35 heavy (non-hydrogen) atoms. The monoisotopic (exact) mass is 481 g/mol. The van der Waals surface area contributed by atoms with E-state index in [4.69, 9.17) is 4.42 Å². The van der Waals surface area contributed by atoms with Crippen LogP contribution in [0.3, 0.4) is 0 Å². The largest absolute Gasteiger partial charge is 0.463 e. The highest BCUT2D eigenvalue weighted by atomic mass is 32.2. The fourth-order valence-electron chi connectivity index (χ4n) is 3.47. The van der Waals surface area contributed by atoms with Crippen LogP contribution in [0.2, 0.25) is 0 Å². The van der Waals surface area contributed by atoms with Crippen LogP contribution in [-0.2, 0) is 4.79 Å². The minimum Gasteiger partial charge on any atom is -0.463 e. The first-order valence-corrected chi connectivity index (χ1v) is 11.7. The molecular weight excluding hydrogens is 462 g/mol. The molecular formula is C26H19N5O3S. The van der Waals surface area contributed by atoms with Gasteiger partial charge in [-0.1, -0.05) is 72.4 Å². The first-order valence-electron chi connectivity index (χ1n) is 10.7. The second-order valence-corrected chi connectivity index (χ2v) is 8.38. The fraction of sp³-hybridized carbons (Fsp3) is 0.0385. The maximum atomic E-state index is 12.5. The molecule has 3 aromatic carbocycles. The van der Waals surface area contributed by atoms with Gasteiger partial charge in [0.2, 0.25) is 5.43 Å². The molecule has 8 nitrogen and oxygen atoms in total. The van der Waals surface area contributed by atoms with Crippen molar-refractivity contribution in [1.82, 2.24) is 20.2 Å². The molecule has 1 N–H and O–H groups in total. The van der Waals surface area contributed by atoms with Gasteiger partial charge < -0.3 is 4.42 Å². The number of fused-ring (bicyclic) bond motifs is 1. The average Bonchev–Trinajstić information content (AvgIpc) is 3.34. The lowest BCUT2D eigenvalue weighted by Gasteiger charge is -2.10. The zero-order valence-corrected chi connectivity index (χ0v) is 19.2. The number of nitrogens with zero attached hydrogens (tertiary/aromatic N) is 4. The van der Waals surface area contributed by atoms with Crippen molar-refractivity contribution in [2.24, 2.45) is 5.10 Å². The quantitative estimate of drug-likeness (QED) is 0.211. The van der Waals surface area contributed by atoms with Gasteiger partial charge in [0.15, 0.2) is 11.0 Å². The Labute approximate surface area is 204 Å². The number of hydrogen-bond acceptors (Lipinski definition) is 7. The maximum Gasteiger partial charge on any atom is 0.250 e. The average molecular weight is 482 g/mol. The zero-order chi connectivity index (χ0) is 24.0. The molecule has 0 aliphatic heterocycles. The predicted octanol–water partition coefficient (Wildman–Crippen LogP) is 4.28. The van der Waals surface area contributed by atoms with Gasteiger partial charge in [0.25, 0.3) is 5.91 Å². The molecule has 0 unspecified atom stereocenters. The van der Waals surface area contributed by atoms with Gasteiger partial charge in [0.05, 0.1) is 22.9 Å². The van der Waals surface area contributed by atoms with E-state index in [1.807, 2.05) is 65.2 Å². The molecule has 0 radical (unpaired) electrons. The second kappa shape index (κ2) is 10.2. The van der Waals surface area contributed by atoms with Gasteiger partial charge in [-0.05, 0) is 24.3 Å². The third kappa shape index (κ3) is 4.90. The molecule has 5 rings (SSSR count). The van der Waals surface area contributed by atoms with E-state index in [0.717, 1.165) is 11.3 Å². The van der Waals surface area contributed by atoms with Crippen molar-refractivity contribution in [3.05, 3.63) is 107 Å². The Balaban J connectivity index is 1.30. The summed E-state index contributed by atoms with van der Waals surface area (Å²) in [5, 5.41) is 13.6. The Bertz CT molecular complexity index is 1560. The lowest BCUT2D eigenvalue weighted by atomic mass is 10.2. The predicted molar refractivity (Wildman–Crippen MR) is 136 cm³/mol. The molecule has 2 heterocycles. The third-order valence-corrected chi connectivity index (χ3v) is 6.04. The summed E-state index contributed by atoms with van der Waals surface area (Å²) in [6.07, 6.45) is 2.60. The summed E-state index contributed by atoms with van der Waals surface area (Å²) in [6, 6.07) is 26.4. The van der Waals surface area contributed by atoms with Crippen LogP contribution in [0.5, 0.6) is 0 Å². The van der Waals surface area contributed by atoms with Crippen molar-refractivity contribution in [1.29, 1.82) is 0 Å². The van der Waals surface area contributed by atoms with E-state index in [2.05, 4.69) is 20.7 Å². The number of thioether (sulfide) groups is 1.